The molecule has 0 spiro atoms. The second-order valence-electron chi connectivity index (χ2n) is 3.69. The highest BCUT2D eigenvalue weighted by molar-refractivity contribution is 9.11. The van der Waals surface area contributed by atoms with Crippen molar-refractivity contribution in [2.45, 2.75) is 31.4 Å². The summed E-state index contributed by atoms with van der Waals surface area (Å²) in [4.78, 5) is 0. The van der Waals surface area contributed by atoms with Crippen molar-refractivity contribution in [1.82, 2.24) is 5.32 Å². The normalized spacial score (nSPS) is 24.0. The average molecular weight is 276 g/mol. The van der Waals surface area contributed by atoms with Gasteiger partial charge in [-0.1, -0.05) is 0 Å². The molecule has 1 aliphatic heterocycles. The van der Waals surface area contributed by atoms with Crippen LogP contribution in [0.1, 0.15) is 18.4 Å². The van der Waals surface area contributed by atoms with Crippen LogP contribution in [-0.2, 0) is 6.42 Å². The first-order chi connectivity index (χ1) is 6.77. The van der Waals surface area contributed by atoms with Gasteiger partial charge in [-0.15, -0.1) is 11.3 Å². The summed E-state index contributed by atoms with van der Waals surface area (Å²) in [5.74, 6) is 0. The number of rotatable bonds is 3. The number of aliphatic hydroxyl groups is 1. The lowest BCUT2D eigenvalue weighted by Crippen LogP contribution is -2.36. The van der Waals surface area contributed by atoms with Crippen LogP contribution in [0.4, 0.5) is 0 Å². The highest BCUT2D eigenvalue weighted by Crippen LogP contribution is 2.25. The Morgan fingerprint density at radius 1 is 1.71 bits per heavy atom. The first-order valence-electron chi connectivity index (χ1n) is 4.90. The van der Waals surface area contributed by atoms with E-state index in [0.717, 1.165) is 23.2 Å². The number of hydrogen-bond donors (Lipinski definition) is 2. The molecule has 1 aromatic heterocycles. The maximum absolute atomic E-state index is 9.97. The SMILES string of the molecule is OC(Cc1ccsc1Br)[C@@H]1CCCN1. The van der Waals surface area contributed by atoms with E-state index in [1.54, 1.807) is 11.3 Å². The van der Waals surface area contributed by atoms with Crippen LogP contribution in [0.3, 0.4) is 0 Å². The standard InChI is InChI=1S/C10H14BrNOS/c11-10-7(3-5-14-10)6-9(13)8-2-1-4-12-8/h3,5,8-9,12-13H,1-2,4,6H2/t8-,9?/m0/s1. The molecule has 2 heterocycles. The molecule has 1 aromatic rings. The van der Waals surface area contributed by atoms with Gasteiger partial charge in [-0.05, 0) is 52.3 Å². The van der Waals surface area contributed by atoms with E-state index in [0.29, 0.717) is 6.04 Å². The summed E-state index contributed by atoms with van der Waals surface area (Å²) in [7, 11) is 0. The van der Waals surface area contributed by atoms with Crippen molar-refractivity contribution in [2.75, 3.05) is 6.54 Å². The molecule has 4 heteroatoms. The van der Waals surface area contributed by atoms with Gasteiger partial charge in [0.1, 0.15) is 0 Å². The van der Waals surface area contributed by atoms with Gasteiger partial charge in [-0.25, -0.2) is 0 Å². The fourth-order valence-electron chi connectivity index (χ4n) is 1.87. The van der Waals surface area contributed by atoms with Crippen molar-refractivity contribution in [3.05, 3.63) is 20.8 Å². The smallest absolute Gasteiger partial charge is 0.0734 e. The molecule has 0 saturated carbocycles. The molecule has 2 rings (SSSR count). The topological polar surface area (TPSA) is 32.3 Å². The fraction of sp³-hybridized carbons (Fsp3) is 0.600. The van der Waals surface area contributed by atoms with E-state index in [1.165, 1.54) is 12.0 Å². The summed E-state index contributed by atoms with van der Waals surface area (Å²) in [6, 6.07) is 2.37. The molecule has 0 bridgehead atoms. The van der Waals surface area contributed by atoms with Crippen LogP contribution >= 0.6 is 27.3 Å². The first-order valence-corrected chi connectivity index (χ1v) is 6.58. The lowest BCUT2D eigenvalue weighted by atomic mass is 10.0. The summed E-state index contributed by atoms with van der Waals surface area (Å²) in [6.07, 6.45) is 2.79. The molecular formula is C10H14BrNOS. The van der Waals surface area contributed by atoms with E-state index in [-0.39, 0.29) is 6.10 Å². The van der Waals surface area contributed by atoms with Crippen molar-refractivity contribution >= 4 is 27.3 Å². The molecule has 2 atom stereocenters. The molecule has 0 aromatic carbocycles. The van der Waals surface area contributed by atoms with Gasteiger partial charge in [0.2, 0.25) is 0 Å². The highest BCUT2D eigenvalue weighted by Gasteiger charge is 2.23. The lowest BCUT2D eigenvalue weighted by Gasteiger charge is -2.17. The van der Waals surface area contributed by atoms with Crippen LogP contribution in [-0.4, -0.2) is 23.8 Å². The Kier molecular flexibility index (Phi) is 3.60. The maximum atomic E-state index is 9.97. The van der Waals surface area contributed by atoms with Crippen molar-refractivity contribution in [1.29, 1.82) is 0 Å². The predicted molar refractivity (Wildman–Crippen MR) is 62.8 cm³/mol. The lowest BCUT2D eigenvalue weighted by molar-refractivity contribution is 0.136. The van der Waals surface area contributed by atoms with E-state index in [1.807, 2.05) is 5.38 Å². The van der Waals surface area contributed by atoms with Gasteiger partial charge >= 0.3 is 0 Å². The molecule has 0 radical (unpaired) electrons. The third kappa shape index (κ3) is 2.37. The summed E-state index contributed by atoms with van der Waals surface area (Å²) >= 11 is 5.16. The predicted octanol–water partition coefficient (Wildman–Crippen LogP) is 2.17. The second-order valence-corrected chi connectivity index (χ2v) is 5.93. The first kappa shape index (κ1) is 10.6. The van der Waals surface area contributed by atoms with E-state index in [9.17, 15) is 5.11 Å². The molecule has 1 unspecified atom stereocenters. The maximum Gasteiger partial charge on any atom is 0.0734 e. The zero-order valence-corrected chi connectivity index (χ0v) is 10.3. The molecule has 1 fully saturated rings. The van der Waals surface area contributed by atoms with Gasteiger partial charge in [0.15, 0.2) is 0 Å². The van der Waals surface area contributed by atoms with Gasteiger partial charge in [0.05, 0.1) is 9.89 Å². The molecule has 14 heavy (non-hydrogen) atoms. The Hall–Kier alpha value is 0.1000. The largest absolute Gasteiger partial charge is 0.391 e. The minimum Gasteiger partial charge on any atom is -0.391 e. The van der Waals surface area contributed by atoms with E-state index in [4.69, 9.17) is 0 Å². The van der Waals surface area contributed by atoms with Crippen molar-refractivity contribution < 1.29 is 5.11 Å². The second kappa shape index (κ2) is 4.75. The van der Waals surface area contributed by atoms with E-state index >= 15 is 0 Å². The molecule has 78 valence electrons. The van der Waals surface area contributed by atoms with Crippen LogP contribution in [0, 0.1) is 0 Å². The Bertz CT molecular complexity index is 296. The molecular weight excluding hydrogens is 262 g/mol. The van der Waals surface area contributed by atoms with Gasteiger partial charge < -0.3 is 10.4 Å². The number of halogens is 1. The molecule has 2 nitrogen and oxygen atoms in total. The van der Waals surface area contributed by atoms with Gasteiger partial charge in [-0.3, -0.25) is 0 Å². The Morgan fingerprint density at radius 3 is 3.14 bits per heavy atom. The molecule has 0 amide bonds. The van der Waals surface area contributed by atoms with Crippen LogP contribution in [0.15, 0.2) is 15.2 Å². The zero-order chi connectivity index (χ0) is 9.97. The molecule has 1 aliphatic rings. The van der Waals surface area contributed by atoms with Crippen molar-refractivity contribution in [3.63, 3.8) is 0 Å². The average Bonchev–Trinajstić information content (AvgIpc) is 2.77. The van der Waals surface area contributed by atoms with E-state index < -0.39 is 0 Å². The summed E-state index contributed by atoms with van der Waals surface area (Å²) in [5.41, 5.74) is 1.22. The molecule has 2 N–H and O–H groups in total. The molecule has 1 saturated heterocycles. The monoisotopic (exact) mass is 275 g/mol. The van der Waals surface area contributed by atoms with Gasteiger partial charge in [-0.2, -0.15) is 0 Å². The third-order valence-electron chi connectivity index (χ3n) is 2.69. The van der Waals surface area contributed by atoms with Crippen molar-refractivity contribution in [2.24, 2.45) is 0 Å². The number of thiophene rings is 1. The highest BCUT2D eigenvalue weighted by atomic mass is 79.9. The minimum absolute atomic E-state index is 0.247. The fourth-order valence-corrected chi connectivity index (χ4v) is 3.15. The number of nitrogens with one attached hydrogen (secondary N) is 1. The van der Waals surface area contributed by atoms with E-state index in [2.05, 4.69) is 27.3 Å². The van der Waals surface area contributed by atoms with Crippen LogP contribution in [0.5, 0.6) is 0 Å². The quantitative estimate of drug-likeness (QED) is 0.886. The van der Waals surface area contributed by atoms with Gasteiger partial charge in [0, 0.05) is 12.5 Å². The minimum atomic E-state index is -0.247. The molecule has 0 aliphatic carbocycles. The third-order valence-corrected chi connectivity index (χ3v) is 4.50. The summed E-state index contributed by atoms with van der Waals surface area (Å²) < 4.78 is 1.15. The van der Waals surface area contributed by atoms with Crippen molar-refractivity contribution in [3.8, 4) is 0 Å². The Labute approximate surface area is 96.5 Å². The summed E-state index contributed by atoms with van der Waals surface area (Å²) in [5, 5.41) is 15.3. The van der Waals surface area contributed by atoms with Crippen LogP contribution < -0.4 is 5.32 Å². The van der Waals surface area contributed by atoms with Crippen LogP contribution in [0.2, 0.25) is 0 Å². The Balaban J connectivity index is 1.93. The summed E-state index contributed by atoms with van der Waals surface area (Å²) in [6.45, 7) is 1.05. The number of aliphatic hydroxyl groups excluding tert-OH is 1. The zero-order valence-electron chi connectivity index (χ0n) is 7.87. The Morgan fingerprint density at radius 2 is 2.57 bits per heavy atom. The van der Waals surface area contributed by atoms with Gasteiger partial charge in [0.25, 0.3) is 0 Å². The number of hydrogen-bond acceptors (Lipinski definition) is 3. The van der Waals surface area contributed by atoms with Crippen LogP contribution in [0.25, 0.3) is 0 Å².